The lowest BCUT2D eigenvalue weighted by Gasteiger charge is -2.09. The van der Waals surface area contributed by atoms with Crippen LogP contribution in [0, 0.1) is 17.0 Å². The van der Waals surface area contributed by atoms with Gasteiger partial charge in [-0.05, 0) is 34.5 Å². The van der Waals surface area contributed by atoms with E-state index in [1.54, 1.807) is 12.1 Å². The number of hydrogen-bond acceptors (Lipinski definition) is 4. The Balaban J connectivity index is 2.34. The number of nitrogens with one attached hydrogen (secondary N) is 1. The van der Waals surface area contributed by atoms with Crippen LogP contribution in [-0.4, -0.2) is 15.8 Å². The van der Waals surface area contributed by atoms with Crippen molar-refractivity contribution in [2.24, 2.45) is 0 Å². The number of carbonyl (C=O) groups is 1. The average Bonchev–Trinajstić information content (AvgIpc) is 2.44. The average molecular weight is 371 g/mol. The molecular weight excluding hydrogens is 362 g/mol. The molecule has 108 valence electrons. The second-order valence-corrected chi connectivity index (χ2v) is 5.33. The molecule has 0 unspecified atom stereocenters. The number of anilines is 1. The zero-order valence-corrected chi connectivity index (χ0v) is 13.1. The van der Waals surface area contributed by atoms with Gasteiger partial charge >= 0.3 is 0 Å². The van der Waals surface area contributed by atoms with Crippen LogP contribution in [0.4, 0.5) is 11.4 Å². The van der Waals surface area contributed by atoms with Crippen molar-refractivity contribution in [2.45, 2.75) is 6.92 Å². The van der Waals surface area contributed by atoms with Gasteiger partial charge in [0.1, 0.15) is 11.3 Å². The fourth-order valence-electron chi connectivity index (χ4n) is 1.63. The standard InChI is InChI=1S/C13H9BrClN3O3/c1-7-3-2-4-10(11(7)14)17-13(19)9-5-8(18(20)21)6-16-12(9)15/h2-6H,1H3,(H,17,19). The number of rotatable bonds is 3. The Morgan fingerprint density at radius 1 is 1.48 bits per heavy atom. The second kappa shape index (κ2) is 6.19. The van der Waals surface area contributed by atoms with Gasteiger partial charge in [-0.15, -0.1) is 0 Å². The molecule has 0 saturated heterocycles. The van der Waals surface area contributed by atoms with Crippen LogP contribution >= 0.6 is 27.5 Å². The van der Waals surface area contributed by atoms with Crippen molar-refractivity contribution in [3.63, 3.8) is 0 Å². The molecule has 1 amide bonds. The minimum absolute atomic E-state index is 0.0562. The Morgan fingerprint density at radius 3 is 2.86 bits per heavy atom. The third-order valence-corrected chi connectivity index (χ3v) is 4.07. The smallest absolute Gasteiger partial charge is 0.288 e. The van der Waals surface area contributed by atoms with E-state index in [-0.39, 0.29) is 16.4 Å². The first-order valence-corrected chi connectivity index (χ1v) is 6.93. The van der Waals surface area contributed by atoms with Crippen LogP contribution in [0.1, 0.15) is 15.9 Å². The summed E-state index contributed by atoms with van der Waals surface area (Å²) in [5, 5.41) is 13.3. The van der Waals surface area contributed by atoms with Gasteiger partial charge in [0.2, 0.25) is 0 Å². The van der Waals surface area contributed by atoms with Crippen LogP contribution in [0.5, 0.6) is 0 Å². The van der Waals surface area contributed by atoms with Crippen molar-refractivity contribution in [1.82, 2.24) is 4.98 Å². The number of nitrogens with zero attached hydrogens (tertiary/aromatic N) is 2. The van der Waals surface area contributed by atoms with Crippen molar-refractivity contribution >= 4 is 44.8 Å². The molecule has 1 heterocycles. The number of halogens is 2. The monoisotopic (exact) mass is 369 g/mol. The van der Waals surface area contributed by atoms with Gasteiger partial charge < -0.3 is 5.32 Å². The molecule has 0 radical (unpaired) electrons. The van der Waals surface area contributed by atoms with Gasteiger partial charge in [0.05, 0.1) is 16.2 Å². The number of pyridine rings is 1. The minimum atomic E-state index is -0.636. The summed E-state index contributed by atoms with van der Waals surface area (Å²) in [5.41, 5.74) is 1.13. The fourth-order valence-corrected chi connectivity index (χ4v) is 2.18. The summed E-state index contributed by atoms with van der Waals surface area (Å²) in [5.74, 6) is -0.567. The molecule has 1 aromatic heterocycles. The predicted octanol–water partition coefficient (Wildman–Crippen LogP) is 3.97. The van der Waals surface area contributed by atoms with E-state index >= 15 is 0 Å². The highest BCUT2D eigenvalue weighted by Gasteiger charge is 2.18. The molecule has 0 atom stereocenters. The number of nitro groups is 1. The van der Waals surface area contributed by atoms with Crippen molar-refractivity contribution < 1.29 is 9.72 Å². The van der Waals surface area contributed by atoms with E-state index in [1.165, 1.54) is 0 Å². The highest BCUT2D eigenvalue weighted by Crippen LogP contribution is 2.27. The van der Waals surface area contributed by atoms with E-state index in [9.17, 15) is 14.9 Å². The molecule has 2 rings (SSSR count). The first-order valence-electron chi connectivity index (χ1n) is 5.76. The van der Waals surface area contributed by atoms with Crippen molar-refractivity contribution in [3.05, 3.63) is 61.3 Å². The van der Waals surface area contributed by atoms with E-state index in [0.717, 1.165) is 22.3 Å². The van der Waals surface area contributed by atoms with Gasteiger partial charge in [0.25, 0.3) is 11.6 Å². The predicted molar refractivity (Wildman–Crippen MR) is 82.7 cm³/mol. The maximum atomic E-state index is 12.2. The van der Waals surface area contributed by atoms with E-state index in [4.69, 9.17) is 11.6 Å². The van der Waals surface area contributed by atoms with E-state index in [0.29, 0.717) is 5.69 Å². The van der Waals surface area contributed by atoms with Gasteiger partial charge in [-0.3, -0.25) is 14.9 Å². The van der Waals surface area contributed by atoms with E-state index in [1.807, 2.05) is 13.0 Å². The lowest BCUT2D eigenvalue weighted by atomic mass is 10.2. The Kier molecular flexibility index (Phi) is 4.54. The van der Waals surface area contributed by atoms with Gasteiger partial charge in [0, 0.05) is 10.5 Å². The molecule has 0 fully saturated rings. The SMILES string of the molecule is Cc1cccc(NC(=O)c2cc([N+](=O)[O-])cnc2Cl)c1Br. The molecule has 0 bridgehead atoms. The fraction of sp³-hybridized carbons (Fsp3) is 0.0769. The number of aryl methyl sites for hydroxylation is 1. The third-order valence-electron chi connectivity index (χ3n) is 2.72. The second-order valence-electron chi connectivity index (χ2n) is 4.18. The minimum Gasteiger partial charge on any atom is -0.321 e. The number of amides is 1. The molecular formula is C13H9BrClN3O3. The van der Waals surface area contributed by atoms with Crippen LogP contribution in [0.2, 0.25) is 5.15 Å². The number of benzene rings is 1. The molecule has 6 nitrogen and oxygen atoms in total. The molecule has 2 aromatic rings. The van der Waals surface area contributed by atoms with Crippen molar-refractivity contribution in [2.75, 3.05) is 5.32 Å². The number of carbonyl (C=O) groups excluding carboxylic acids is 1. The highest BCUT2D eigenvalue weighted by atomic mass is 79.9. The van der Waals surface area contributed by atoms with Crippen molar-refractivity contribution in [3.8, 4) is 0 Å². The lowest BCUT2D eigenvalue weighted by Crippen LogP contribution is -2.14. The topological polar surface area (TPSA) is 85.1 Å². The van der Waals surface area contributed by atoms with Gasteiger partial charge in [-0.2, -0.15) is 0 Å². The lowest BCUT2D eigenvalue weighted by molar-refractivity contribution is -0.385. The normalized spacial score (nSPS) is 10.2. The summed E-state index contributed by atoms with van der Waals surface area (Å²) >= 11 is 9.19. The zero-order chi connectivity index (χ0) is 15.6. The molecule has 0 spiro atoms. The molecule has 1 aromatic carbocycles. The number of aromatic nitrogens is 1. The molecule has 21 heavy (non-hydrogen) atoms. The molecule has 0 aliphatic rings. The quantitative estimate of drug-likeness (QED) is 0.503. The summed E-state index contributed by atoms with van der Waals surface area (Å²) in [6.07, 6.45) is 1.00. The highest BCUT2D eigenvalue weighted by molar-refractivity contribution is 9.10. The summed E-state index contributed by atoms with van der Waals surface area (Å²) in [6, 6.07) is 6.45. The van der Waals surface area contributed by atoms with Crippen LogP contribution < -0.4 is 5.32 Å². The molecule has 8 heteroatoms. The van der Waals surface area contributed by atoms with E-state index < -0.39 is 10.8 Å². The Labute approximate surface area is 133 Å². The van der Waals surface area contributed by atoms with Gasteiger partial charge in [0.15, 0.2) is 0 Å². The maximum Gasteiger partial charge on any atom is 0.288 e. The maximum absolute atomic E-state index is 12.2. The van der Waals surface area contributed by atoms with Gasteiger partial charge in [-0.25, -0.2) is 4.98 Å². The van der Waals surface area contributed by atoms with Crippen LogP contribution in [-0.2, 0) is 0 Å². The third kappa shape index (κ3) is 3.37. The first kappa shape index (κ1) is 15.4. The van der Waals surface area contributed by atoms with Crippen LogP contribution in [0.3, 0.4) is 0 Å². The molecule has 0 saturated carbocycles. The Morgan fingerprint density at radius 2 is 2.19 bits per heavy atom. The van der Waals surface area contributed by atoms with Gasteiger partial charge in [-0.1, -0.05) is 23.7 Å². The van der Waals surface area contributed by atoms with Crippen molar-refractivity contribution in [1.29, 1.82) is 0 Å². The zero-order valence-electron chi connectivity index (χ0n) is 10.8. The largest absolute Gasteiger partial charge is 0.321 e. The summed E-state index contributed by atoms with van der Waals surface area (Å²) < 4.78 is 0.730. The first-order chi connectivity index (χ1) is 9.90. The summed E-state index contributed by atoms with van der Waals surface area (Å²) in [6.45, 7) is 1.88. The van der Waals surface area contributed by atoms with Crippen LogP contribution in [0.25, 0.3) is 0 Å². The number of hydrogen-bond donors (Lipinski definition) is 1. The summed E-state index contributed by atoms with van der Waals surface area (Å²) in [7, 11) is 0. The van der Waals surface area contributed by atoms with E-state index in [2.05, 4.69) is 26.2 Å². The Hall–Kier alpha value is -1.99. The summed E-state index contributed by atoms with van der Waals surface area (Å²) in [4.78, 5) is 25.9. The molecule has 1 N–H and O–H groups in total. The Bertz CT molecular complexity index is 737. The van der Waals surface area contributed by atoms with Crippen LogP contribution in [0.15, 0.2) is 34.9 Å². The molecule has 0 aliphatic heterocycles. The molecule has 0 aliphatic carbocycles.